The molecule has 0 aliphatic heterocycles. The standard InChI is InChI=1S/C11H11BrN2O2/c1-7(11(15)16)6-14-9-3-2-8(5-13)10(12)4-9/h2-4,7,14H,6H2,1H3,(H,15,16). The lowest BCUT2D eigenvalue weighted by Gasteiger charge is -2.10. The Labute approximate surface area is 102 Å². The number of hydrogen-bond donors (Lipinski definition) is 2. The van der Waals surface area contributed by atoms with Gasteiger partial charge in [-0.05, 0) is 34.1 Å². The monoisotopic (exact) mass is 282 g/mol. The molecular formula is C11H11BrN2O2. The number of hydrogen-bond acceptors (Lipinski definition) is 3. The Morgan fingerprint density at radius 1 is 1.69 bits per heavy atom. The largest absolute Gasteiger partial charge is 0.481 e. The molecule has 0 saturated carbocycles. The molecule has 1 aromatic rings. The van der Waals surface area contributed by atoms with Crippen LogP contribution in [0.5, 0.6) is 0 Å². The van der Waals surface area contributed by atoms with Gasteiger partial charge in [-0.1, -0.05) is 6.92 Å². The van der Waals surface area contributed by atoms with E-state index in [1.54, 1.807) is 25.1 Å². The van der Waals surface area contributed by atoms with Crippen LogP contribution in [0.15, 0.2) is 22.7 Å². The summed E-state index contributed by atoms with van der Waals surface area (Å²) in [4.78, 5) is 10.6. The first-order valence-corrected chi connectivity index (χ1v) is 5.50. The molecule has 5 heteroatoms. The van der Waals surface area contributed by atoms with Crippen molar-refractivity contribution in [3.05, 3.63) is 28.2 Å². The van der Waals surface area contributed by atoms with E-state index < -0.39 is 11.9 Å². The van der Waals surface area contributed by atoms with Gasteiger partial charge in [0.1, 0.15) is 6.07 Å². The number of rotatable bonds is 4. The van der Waals surface area contributed by atoms with Crippen molar-refractivity contribution in [2.75, 3.05) is 11.9 Å². The van der Waals surface area contributed by atoms with Gasteiger partial charge in [-0.15, -0.1) is 0 Å². The minimum atomic E-state index is -0.833. The zero-order valence-corrected chi connectivity index (χ0v) is 10.3. The number of nitriles is 1. The molecule has 0 saturated heterocycles. The molecule has 4 nitrogen and oxygen atoms in total. The first-order chi connectivity index (χ1) is 7.54. The van der Waals surface area contributed by atoms with Crippen LogP contribution in [0.2, 0.25) is 0 Å². The summed E-state index contributed by atoms with van der Waals surface area (Å²) in [7, 11) is 0. The van der Waals surface area contributed by atoms with E-state index in [2.05, 4.69) is 21.2 Å². The number of aliphatic carboxylic acids is 1. The second kappa shape index (κ2) is 5.52. The van der Waals surface area contributed by atoms with Crippen molar-refractivity contribution in [1.29, 1.82) is 5.26 Å². The number of nitrogens with one attached hydrogen (secondary N) is 1. The summed E-state index contributed by atoms with van der Waals surface area (Å²) in [6.07, 6.45) is 0. The van der Waals surface area contributed by atoms with Gasteiger partial charge in [0, 0.05) is 16.7 Å². The Morgan fingerprint density at radius 3 is 2.88 bits per heavy atom. The Kier molecular flexibility index (Phi) is 4.32. The third kappa shape index (κ3) is 3.24. The van der Waals surface area contributed by atoms with Crippen LogP contribution in [0.1, 0.15) is 12.5 Å². The third-order valence-corrected chi connectivity index (χ3v) is 2.78. The average Bonchev–Trinajstić information content (AvgIpc) is 2.25. The average molecular weight is 283 g/mol. The fourth-order valence-corrected chi connectivity index (χ4v) is 1.54. The van der Waals surface area contributed by atoms with Gasteiger partial charge in [-0.3, -0.25) is 4.79 Å². The van der Waals surface area contributed by atoms with Crippen molar-refractivity contribution >= 4 is 27.6 Å². The van der Waals surface area contributed by atoms with E-state index in [1.165, 1.54) is 0 Å². The summed E-state index contributed by atoms with van der Waals surface area (Å²) in [6, 6.07) is 7.22. The van der Waals surface area contributed by atoms with Gasteiger partial charge in [-0.2, -0.15) is 5.26 Å². The lowest BCUT2D eigenvalue weighted by Crippen LogP contribution is -2.19. The molecule has 16 heavy (non-hydrogen) atoms. The van der Waals surface area contributed by atoms with E-state index in [1.807, 2.05) is 6.07 Å². The Morgan fingerprint density at radius 2 is 2.38 bits per heavy atom. The molecule has 1 aromatic carbocycles. The summed E-state index contributed by atoms with van der Waals surface area (Å²) < 4.78 is 0.697. The first kappa shape index (κ1) is 12.5. The molecule has 0 spiro atoms. The smallest absolute Gasteiger partial charge is 0.308 e. The SMILES string of the molecule is CC(CNc1ccc(C#N)c(Br)c1)C(=O)O. The van der Waals surface area contributed by atoms with Crippen LogP contribution < -0.4 is 5.32 Å². The van der Waals surface area contributed by atoms with Crippen molar-refractivity contribution in [2.24, 2.45) is 5.92 Å². The Bertz CT molecular complexity index is 440. The molecular weight excluding hydrogens is 272 g/mol. The molecule has 0 heterocycles. The Balaban J connectivity index is 2.66. The van der Waals surface area contributed by atoms with Crippen LogP contribution in [-0.4, -0.2) is 17.6 Å². The Hall–Kier alpha value is -1.54. The first-order valence-electron chi connectivity index (χ1n) is 4.71. The topological polar surface area (TPSA) is 73.1 Å². The van der Waals surface area contributed by atoms with Crippen LogP contribution in [-0.2, 0) is 4.79 Å². The van der Waals surface area contributed by atoms with Crippen LogP contribution in [0.4, 0.5) is 5.69 Å². The molecule has 0 amide bonds. The fourth-order valence-electron chi connectivity index (χ4n) is 1.07. The quantitative estimate of drug-likeness (QED) is 0.890. The minimum absolute atomic E-state index is 0.355. The summed E-state index contributed by atoms with van der Waals surface area (Å²) in [5.74, 6) is -1.28. The summed E-state index contributed by atoms with van der Waals surface area (Å²) >= 11 is 3.26. The summed E-state index contributed by atoms with van der Waals surface area (Å²) in [6.45, 7) is 1.99. The lowest BCUT2D eigenvalue weighted by molar-refractivity contribution is -0.140. The number of carboxylic acids is 1. The fraction of sp³-hybridized carbons (Fsp3) is 0.273. The molecule has 84 valence electrons. The van der Waals surface area contributed by atoms with Crippen molar-refractivity contribution in [2.45, 2.75) is 6.92 Å². The van der Waals surface area contributed by atoms with Gasteiger partial charge in [0.2, 0.25) is 0 Å². The van der Waals surface area contributed by atoms with E-state index >= 15 is 0 Å². The highest BCUT2D eigenvalue weighted by Gasteiger charge is 2.10. The maximum absolute atomic E-state index is 10.6. The van der Waals surface area contributed by atoms with Crippen LogP contribution in [0, 0.1) is 17.2 Å². The van der Waals surface area contributed by atoms with Crippen molar-refractivity contribution in [3.8, 4) is 6.07 Å². The number of anilines is 1. The van der Waals surface area contributed by atoms with Gasteiger partial charge in [0.15, 0.2) is 0 Å². The zero-order chi connectivity index (χ0) is 12.1. The summed E-state index contributed by atoms with van der Waals surface area (Å²) in [5.41, 5.74) is 1.34. The number of halogens is 1. The van der Waals surface area contributed by atoms with Gasteiger partial charge in [0.05, 0.1) is 11.5 Å². The maximum Gasteiger partial charge on any atom is 0.308 e. The van der Waals surface area contributed by atoms with E-state index in [0.29, 0.717) is 16.6 Å². The molecule has 2 N–H and O–H groups in total. The van der Waals surface area contributed by atoms with E-state index in [0.717, 1.165) is 5.69 Å². The van der Waals surface area contributed by atoms with Crippen molar-refractivity contribution in [3.63, 3.8) is 0 Å². The molecule has 0 fully saturated rings. The maximum atomic E-state index is 10.6. The predicted molar refractivity (Wildman–Crippen MR) is 64.1 cm³/mol. The molecule has 1 atom stereocenters. The highest BCUT2D eigenvalue weighted by molar-refractivity contribution is 9.10. The number of carboxylic acid groups (broad SMARTS) is 1. The highest BCUT2D eigenvalue weighted by Crippen LogP contribution is 2.20. The van der Waals surface area contributed by atoms with Gasteiger partial charge >= 0.3 is 5.97 Å². The molecule has 0 aliphatic rings. The summed E-state index contributed by atoms with van der Waals surface area (Å²) in [5, 5.41) is 20.4. The van der Waals surface area contributed by atoms with E-state index in [-0.39, 0.29) is 0 Å². The molecule has 1 rings (SSSR count). The lowest BCUT2D eigenvalue weighted by atomic mass is 10.1. The van der Waals surface area contributed by atoms with Crippen molar-refractivity contribution < 1.29 is 9.90 Å². The van der Waals surface area contributed by atoms with Crippen molar-refractivity contribution in [1.82, 2.24) is 0 Å². The second-order valence-corrected chi connectivity index (χ2v) is 4.28. The number of benzene rings is 1. The normalized spacial score (nSPS) is 11.6. The van der Waals surface area contributed by atoms with Gasteiger partial charge < -0.3 is 10.4 Å². The molecule has 0 aromatic heterocycles. The van der Waals surface area contributed by atoms with E-state index in [4.69, 9.17) is 10.4 Å². The van der Waals surface area contributed by atoms with Crippen LogP contribution in [0.25, 0.3) is 0 Å². The minimum Gasteiger partial charge on any atom is -0.481 e. The van der Waals surface area contributed by atoms with Crippen LogP contribution >= 0.6 is 15.9 Å². The van der Waals surface area contributed by atoms with E-state index in [9.17, 15) is 4.79 Å². The van der Waals surface area contributed by atoms with Gasteiger partial charge in [-0.25, -0.2) is 0 Å². The number of nitrogens with zero attached hydrogens (tertiary/aromatic N) is 1. The molecule has 0 aliphatic carbocycles. The predicted octanol–water partition coefficient (Wildman–Crippen LogP) is 2.45. The van der Waals surface area contributed by atoms with Crippen LogP contribution in [0.3, 0.4) is 0 Å². The zero-order valence-electron chi connectivity index (χ0n) is 8.70. The number of carbonyl (C=O) groups is 1. The second-order valence-electron chi connectivity index (χ2n) is 3.43. The highest BCUT2D eigenvalue weighted by atomic mass is 79.9. The molecule has 0 bridgehead atoms. The third-order valence-electron chi connectivity index (χ3n) is 2.12. The molecule has 1 unspecified atom stereocenters. The van der Waals surface area contributed by atoms with Gasteiger partial charge in [0.25, 0.3) is 0 Å². The molecule has 0 radical (unpaired) electrons.